The highest BCUT2D eigenvalue weighted by Crippen LogP contribution is 2.43. The summed E-state index contributed by atoms with van der Waals surface area (Å²) in [5.74, 6) is 0. The van der Waals surface area contributed by atoms with Crippen molar-refractivity contribution >= 4 is 7.82 Å². The van der Waals surface area contributed by atoms with Crippen LogP contribution in [0.5, 0.6) is 0 Å². The van der Waals surface area contributed by atoms with Crippen LogP contribution in [0.1, 0.15) is 142 Å². The third-order valence-corrected chi connectivity index (χ3v) is 6.04. The van der Waals surface area contributed by atoms with Crippen LogP contribution in [-0.2, 0) is 23.7 Å². The Labute approximate surface area is 192 Å². The molecule has 1 unspecified atom stereocenters. The Morgan fingerprint density at radius 3 is 1.03 bits per heavy atom. The molecule has 6 nitrogen and oxygen atoms in total. The van der Waals surface area contributed by atoms with Gasteiger partial charge in [0.25, 0.3) is 0 Å². The van der Waals surface area contributed by atoms with Gasteiger partial charge in [-0.2, -0.15) is 0 Å². The van der Waals surface area contributed by atoms with E-state index in [0.717, 1.165) is 38.5 Å². The summed E-state index contributed by atoms with van der Waals surface area (Å²) in [5.41, 5.74) is 0. The molecule has 0 aromatic rings. The van der Waals surface area contributed by atoms with Crippen molar-refractivity contribution in [2.45, 2.75) is 142 Å². The Morgan fingerprint density at radius 2 is 0.742 bits per heavy atom. The standard InChI is InChI=1S/C24H51O6P/c1-3-5-7-9-11-12-13-14-15-16-17-18-20-22-24-28-30-31(25,26)29-27-23-21-19-10-8-6-4-2/h3-24H2,1-2H3,(H,25,26). The van der Waals surface area contributed by atoms with Gasteiger partial charge in [0.15, 0.2) is 0 Å². The zero-order valence-corrected chi connectivity index (χ0v) is 21.4. The molecule has 0 rings (SSSR count). The van der Waals surface area contributed by atoms with Crippen LogP contribution in [0.25, 0.3) is 0 Å². The summed E-state index contributed by atoms with van der Waals surface area (Å²) in [7, 11) is -4.29. The molecule has 0 aromatic heterocycles. The molecular weight excluding hydrogens is 415 g/mol. The number of phosphoric acid groups is 1. The molecule has 0 aromatic carbocycles. The fourth-order valence-electron chi connectivity index (χ4n) is 3.52. The molecule has 0 aliphatic rings. The maximum atomic E-state index is 11.6. The van der Waals surface area contributed by atoms with Gasteiger partial charge >= 0.3 is 7.82 Å². The molecule has 0 heterocycles. The average Bonchev–Trinajstić information content (AvgIpc) is 2.75. The summed E-state index contributed by atoms with van der Waals surface area (Å²) in [4.78, 5) is 19.0. The predicted molar refractivity (Wildman–Crippen MR) is 128 cm³/mol. The minimum absolute atomic E-state index is 0.277. The Morgan fingerprint density at radius 1 is 0.484 bits per heavy atom. The highest BCUT2D eigenvalue weighted by atomic mass is 31.2. The largest absolute Gasteiger partial charge is 0.526 e. The van der Waals surface area contributed by atoms with Crippen LogP contribution < -0.4 is 0 Å². The third kappa shape index (κ3) is 26.2. The first-order chi connectivity index (χ1) is 15.1. The lowest BCUT2D eigenvalue weighted by atomic mass is 10.0. The topological polar surface area (TPSA) is 74.2 Å². The molecule has 0 radical (unpaired) electrons. The molecule has 0 aliphatic heterocycles. The van der Waals surface area contributed by atoms with Crippen LogP contribution in [0.2, 0.25) is 0 Å². The fraction of sp³-hybridized carbons (Fsp3) is 1.00. The van der Waals surface area contributed by atoms with Crippen LogP contribution >= 0.6 is 7.82 Å². The molecule has 1 N–H and O–H groups in total. The Kier molecular flexibility index (Phi) is 24.7. The Hall–Kier alpha value is 0.0300. The van der Waals surface area contributed by atoms with E-state index in [1.54, 1.807) is 0 Å². The summed E-state index contributed by atoms with van der Waals surface area (Å²) < 4.78 is 20.5. The molecule has 7 heteroatoms. The number of unbranched alkanes of at least 4 members (excludes halogenated alkanes) is 18. The summed E-state index contributed by atoms with van der Waals surface area (Å²) in [6.45, 7) is 5.00. The summed E-state index contributed by atoms with van der Waals surface area (Å²) in [5, 5.41) is 0. The number of rotatable bonds is 26. The zero-order valence-electron chi connectivity index (χ0n) is 20.5. The van der Waals surface area contributed by atoms with Gasteiger partial charge in [0.1, 0.15) is 0 Å². The van der Waals surface area contributed by atoms with Crippen molar-refractivity contribution < 1.29 is 28.6 Å². The smallest absolute Gasteiger partial charge is 0.299 e. The van der Waals surface area contributed by atoms with E-state index in [9.17, 15) is 9.46 Å². The minimum Gasteiger partial charge on any atom is -0.299 e. The van der Waals surface area contributed by atoms with E-state index < -0.39 is 7.82 Å². The molecular formula is C24H51O6P. The summed E-state index contributed by atoms with van der Waals surface area (Å²) in [6.07, 6.45) is 24.6. The predicted octanol–water partition coefficient (Wildman–Crippen LogP) is 8.83. The maximum absolute atomic E-state index is 11.6. The van der Waals surface area contributed by atoms with E-state index in [4.69, 9.17) is 9.78 Å². The van der Waals surface area contributed by atoms with Crippen LogP contribution in [-0.4, -0.2) is 18.1 Å². The Balaban J connectivity index is 3.26. The maximum Gasteiger partial charge on any atom is 0.526 e. The Bertz CT molecular complexity index is 394. The van der Waals surface area contributed by atoms with Crippen LogP contribution in [0.4, 0.5) is 0 Å². The first-order valence-electron chi connectivity index (χ1n) is 13.1. The molecule has 188 valence electrons. The van der Waals surface area contributed by atoms with E-state index in [2.05, 4.69) is 23.2 Å². The van der Waals surface area contributed by atoms with Crippen molar-refractivity contribution in [2.24, 2.45) is 0 Å². The van der Waals surface area contributed by atoms with E-state index in [1.807, 2.05) is 0 Å². The lowest BCUT2D eigenvalue weighted by molar-refractivity contribution is -0.279. The second-order valence-corrected chi connectivity index (χ2v) is 9.86. The highest BCUT2D eigenvalue weighted by Gasteiger charge is 2.24. The van der Waals surface area contributed by atoms with Gasteiger partial charge in [-0.25, -0.2) is 14.3 Å². The third-order valence-electron chi connectivity index (χ3n) is 5.46. The molecule has 0 spiro atoms. The zero-order chi connectivity index (χ0) is 22.9. The molecule has 1 atom stereocenters. The van der Waals surface area contributed by atoms with Crippen molar-refractivity contribution in [3.05, 3.63) is 0 Å². The van der Waals surface area contributed by atoms with Gasteiger partial charge in [-0.1, -0.05) is 129 Å². The number of hydrogen-bond acceptors (Lipinski definition) is 5. The van der Waals surface area contributed by atoms with Gasteiger partial charge in [-0.3, -0.25) is 4.89 Å². The summed E-state index contributed by atoms with van der Waals surface area (Å²) in [6, 6.07) is 0. The first-order valence-corrected chi connectivity index (χ1v) is 14.6. The van der Waals surface area contributed by atoms with Crippen molar-refractivity contribution in [1.29, 1.82) is 0 Å². The van der Waals surface area contributed by atoms with Gasteiger partial charge in [-0.15, -0.1) is 9.35 Å². The molecule has 0 aliphatic carbocycles. The highest BCUT2D eigenvalue weighted by molar-refractivity contribution is 7.47. The normalized spacial score (nSPS) is 13.5. The van der Waals surface area contributed by atoms with Gasteiger partial charge in [0.05, 0.1) is 13.2 Å². The molecule has 0 fully saturated rings. The molecule has 0 saturated carbocycles. The molecule has 0 bridgehead atoms. The van der Waals surface area contributed by atoms with Gasteiger partial charge < -0.3 is 0 Å². The van der Waals surface area contributed by atoms with Crippen LogP contribution in [0, 0.1) is 0 Å². The minimum atomic E-state index is -4.29. The van der Waals surface area contributed by atoms with Crippen molar-refractivity contribution in [2.75, 3.05) is 13.2 Å². The monoisotopic (exact) mass is 466 g/mol. The van der Waals surface area contributed by atoms with Gasteiger partial charge in [-0.05, 0) is 12.8 Å². The lowest BCUT2D eigenvalue weighted by Gasteiger charge is -2.10. The van der Waals surface area contributed by atoms with E-state index >= 15 is 0 Å². The molecule has 31 heavy (non-hydrogen) atoms. The van der Waals surface area contributed by atoms with E-state index in [0.29, 0.717) is 0 Å². The van der Waals surface area contributed by atoms with Gasteiger partial charge in [0, 0.05) is 0 Å². The molecule has 0 amide bonds. The van der Waals surface area contributed by atoms with Crippen LogP contribution in [0.15, 0.2) is 0 Å². The molecule has 0 saturated heterocycles. The summed E-state index contributed by atoms with van der Waals surface area (Å²) >= 11 is 0. The fourth-order valence-corrected chi connectivity index (χ4v) is 3.96. The van der Waals surface area contributed by atoms with E-state index in [1.165, 1.54) is 89.9 Å². The van der Waals surface area contributed by atoms with Crippen molar-refractivity contribution in [3.8, 4) is 0 Å². The van der Waals surface area contributed by atoms with Crippen molar-refractivity contribution in [3.63, 3.8) is 0 Å². The number of hydrogen-bond donors (Lipinski definition) is 1. The second kappa shape index (κ2) is 24.7. The van der Waals surface area contributed by atoms with E-state index in [-0.39, 0.29) is 13.2 Å². The van der Waals surface area contributed by atoms with Crippen molar-refractivity contribution in [1.82, 2.24) is 0 Å². The average molecular weight is 467 g/mol. The van der Waals surface area contributed by atoms with Crippen LogP contribution in [0.3, 0.4) is 0 Å². The SMILES string of the molecule is CCCCCCCCCCCCCCCCOOP(=O)(O)OOCCCCCCCC. The first kappa shape index (κ1) is 31.0. The quantitative estimate of drug-likeness (QED) is 0.0594. The van der Waals surface area contributed by atoms with Gasteiger partial charge in [0.2, 0.25) is 0 Å². The lowest BCUT2D eigenvalue weighted by Crippen LogP contribution is -2.01. The second-order valence-electron chi connectivity index (χ2n) is 8.63.